The van der Waals surface area contributed by atoms with E-state index in [9.17, 15) is 28.9 Å². The molecule has 0 aromatic heterocycles. The van der Waals surface area contributed by atoms with Gasteiger partial charge in [0.25, 0.3) is 0 Å². The third-order valence-electron chi connectivity index (χ3n) is 13.3. The number of esters is 3. The molecule has 0 aliphatic carbocycles. The summed E-state index contributed by atoms with van der Waals surface area (Å²) < 4.78 is 39.6. The number of hydrogen-bond donors (Lipinski definition) is 2. The van der Waals surface area contributed by atoms with Gasteiger partial charge in [-0.05, 0) is 96.3 Å². The van der Waals surface area contributed by atoms with Crippen LogP contribution in [0.25, 0.3) is 0 Å². The van der Waals surface area contributed by atoms with E-state index in [1.165, 1.54) is 116 Å². The van der Waals surface area contributed by atoms with Crippen LogP contribution in [0.4, 0.5) is 0 Å². The first-order valence-corrected chi connectivity index (χ1v) is 33.0. The lowest BCUT2D eigenvalue weighted by molar-refractivity contribution is -0.161. The Kier molecular flexibility index (Phi) is 57.2. The molecule has 450 valence electrons. The largest absolute Gasteiger partial charge is 0.472 e. The number of hydrogen-bond acceptors (Lipinski definition) is 10. The van der Waals surface area contributed by atoms with Gasteiger partial charge < -0.3 is 24.2 Å². The predicted molar refractivity (Wildman–Crippen MR) is 325 cm³/mol. The van der Waals surface area contributed by atoms with E-state index in [0.29, 0.717) is 19.3 Å². The summed E-state index contributed by atoms with van der Waals surface area (Å²) in [6.07, 6.45) is 69.6. The second-order valence-electron chi connectivity index (χ2n) is 20.8. The van der Waals surface area contributed by atoms with Crippen LogP contribution in [0.1, 0.15) is 278 Å². The fraction of sp³-hybridized carbons (Fsp3) is 0.742. The second kappa shape index (κ2) is 59.8. The molecule has 3 atom stereocenters. The third-order valence-corrected chi connectivity index (χ3v) is 14.3. The Labute approximate surface area is 477 Å². The molecular weight excluding hydrogens is 1000 g/mol. The first-order chi connectivity index (χ1) is 38.2. The number of allylic oxidation sites excluding steroid dienone is 14. The summed E-state index contributed by atoms with van der Waals surface area (Å²) in [5.41, 5.74) is 0. The molecule has 11 nitrogen and oxygen atoms in total. The molecule has 0 heterocycles. The Morgan fingerprint density at radius 1 is 0.372 bits per heavy atom. The number of ether oxygens (including phenoxy) is 3. The van der Waals surface area contributed by atoms with Crippen molar-refractivity contribution in [1.29, 1.82) is 0 Å². The average Bonchev–Trinajstić information content (AvgIpc) is 3.43. The topological polar surface area (TPSA) is 155 Å². The van der Waals surface area contributed by atoms with Gasteiger partial charge in [-0.15, -0.1) is 0 Å². The average molecular weight is 1120 g/mol. The number of carbonyl (C=O) groups excluding carboxylic acids is 3. The van der Waals surface area contributed by atoms with Crippen LogP contribution < -0.4 is 0 Å². The highest BCUT2D eigenvalue weighted by atomic mass is 31.2. The van der Waals surface area contributed by atoms with Crippen molar-refractivity contribution in [3.8, 4) is 0 Å². The van der Waals surface area contributed by atoms with Crippen LogP contribution in [-0.2, 0) is 42.2 Å². The highest BCUT2D eigenvalue weighted by molar-refractivity contribution is 7.47. The lowest BCUT2D eigenvalue weighted by Gasteiger charge is -2.21. The van der Waals surface area contributed by atoms with Gasteiger partial charge in [0.2, 0.25) is 0 Å². The maximum atomic E-state index is 12.9. The molecule has 2 N–H and O–H groups in total. The zero-order valence-corrected chi connectivity index (χ0v) is 50.8. The van der Waals surface area contributed by atoms with Gasteiger partial charge in [-0.25, -0.2) is 4.57 Å². The summed E-state index contributed by atoms with van der Waals surface area (Å²) in [5, 5.41) is 9.85. The van der Waals surface area contributed by atoms with Crippen molar-refractivity contribution >= 4 is 25.7 Å². The molecule has 0 spiro atoms. The Balaban J connectivity index is 4.71. The van der Waals surface area contributed by atoms with E-state index in [0.717, 1.165) is 103 Å². The zero-order valence-electron chi connectivity index (χ0n) is 49.9. The van der Waals surface area contributed by atoms with E-state index in [4.69, 9.17) is 23.3 Å². The number of unbranched alkanes of at least 4 members (excludes halogenated alkanes) is 27. The van der Waals surface area contributed by atoms with Crippen LogP contribution in [0.5, 0.6) is 0 Å². The Bertz CT molecular complexity index is 1630. The lowest BCUT2D eigenvalue weighted by atomic mass is 10.0. The van der Waals surface area contributed by atoms with Gasteiger partial charge in [0.15, 0.2) is 6.10 Å². The molecule has 0 radical (unpaired) electrons. The molecule has 0 rings (SSSR count). The molecule has 0 fully saturated rings. The monoisotopic (exact) mass is 1110 g/mol. The molecule has 0 saturated heterocycles. The van der Waals surface area contributed by atoms with E-state index in [1.807, 2.05) is 0 Å². The van der Waals surface area contributed by atoms with Gasteiger partial charge >= 0.3 is 25.7 Å². The standard InChI is InChI=1S/C66H115O11P/c1-4-7-10-13-16-19-22-25-27-29-31-33-35-38-41-44-47-50-53-56-65(69)76-62(58-67)60-74-78(71,72)75-61-63(59-73-64(68)55-52-49-46-43-40-37-24-21-18-15-12-9-6-3)77-66(70)57-54-51-48-45-42-39-36-34-32-30-28-26-23-20-17-14-11-8-5-2/h8,11,16-17,19-20,25-28,32,34,39,42,62-63,67H,4-7,9-10,12-15,18,21-24,29-31,33,35-38,40-41,43-61H2,1-3H3,(H,71,72)/b11-8-,19-16-,20-17-,27-25-,28-26-,34-32-,42-39-. The predicted octanol–water partition coefficient (Wildman–Crippen LogP) is 19.0. The normalized spacial score (nSPS) is 13.9. The number of phosphoric ester groups is 1. The summed E-state index contributed by atoms with van der Waals surface area (Å²) in [4.78, 5) is 48.7. The smallest absolute Gasteiger partial charge is 0.462 e. The van der Waals surface area contributed by atoms with Gasteiger partial charge in [-0.2, -0.15) is 0 Å². The fourth-order valence-electron chi connectivity index (χ4n) is 8.53. The Hall–Kier alpha value is -3.34. The van der Waals surface area contributed by atoms with E-state index < -0.39 is 57.8 Å². The molecule has 0 aromatic rings. The maximum absolute atomic E-state index is 12.9. The van der Waals surface area contributed by atoms with E-state index in [-0.39, 0.29) is 25.9 Å². The van der Waals surface area contributed by atoms with Gasteiger partial charge in [0, 0.05) is 19.3 Å². The molecule has 0 saturated carbocycles. The van der Waals surface area contributed by atoms with Crippen molar-refractivity contribution in [1.82, 2.24) is 0 Å². The molecule has 12 heteroatoms. The maximum Gasteiger partial charge on any atom is 0.472 e. The van der Waals surface area contributed by atoms with Crippen molar-refractivity contribution in [2.45, 2.75) is 290 Å². The van der Waals surface area contributed by atoms with Gasteiger partial charge in [-0.1, -0.05) is 247 Å². The summed E-state index contributed by atoms with van der Waals surface area (Å²) in [6, 6.07) is 0. The lowest BCUT2D eigenvalue weighted by Crippen LogP contribution is -2.30. The first-order valence-electron chi connectivity index (χ1n) is 31.5. The van der Waals surface area contributed by atoms with E-state index in [2.05, 4.69) is 106 Å². The van der Waals surface area contributed by atoms with Crippen molar-refractivity contribution < 1.29 is 52.2 Å². The Morgan fingerprint density at radius 2 is 0.667 bits per heavy atom. The van der Waals surface area contributed by atoms with E-state index >= 15 is 0 Å². The number of carbonyl (C=O) groups is 3. The van der Waals surface area contributed by atoms with Crippen molar-refractivity contribution in [3.63, 3.8) is 0 Å². The molecule has 78 heavy (non-hydrogen) atoms. The van der Waals surface area contributed by atoms with Crippen LogP contribution in [0, 0.1) is 0 Å². The van der Waals surface area contributed by atoms with E-state index in [1.54, 1.807) is 0 Å². The minimum absolute atomic E-state index is 0.127. The molecule has 0 aliphatic rings. The van der Waals surface area contributed by atoms with Crippen LogP contribution in [0.3, 0.4) is 0 Å². The first kappa shape index (κ1) is 74.7. The minimum Gasteiger partial charge on any atom is -0.462 e. The number of aliphatic hydroxyl groups is 1. The summed E-state index contributed by atoms with van der Waals surface area (Å²) in [6.45, 7) is 4.49. The van der Waals surface area contributed by atoms with Gasteiger partial charge in [-0.3, -0.25) is 23.4 Å². The molecule has 0 amide bonds. The number of rotatable bonds is 58. The van der Waals surface area contributed by atoms with Crippen LogP contribution in [0.15, 0.2) is 85.1 Å². The van der Waals surface area contributed by atoms with Crippen LogP contribution in [0.2, 0.25) is 0 Å². The SMILES string of the molecule is CC/C=C\C/C=C\C/C=C\C/C=C\C/C=C\CCCCCC(=O)OC(COC(=O)CCCCCCCCCCCCCCC)COP(=O)(O)OCC(CO)OC(=O)CCCCCCCCCCC/C=C\C/C=C\CCCCC. The van der Waals surface area contributed by atoms with Crippen molar-refractivity contribution in [3.05, 3.63) is 85.1 Å². The van der Waals surface area contributed by atoms with Crippen LogP contribution >= 0.6 is 7.82 Å². The summed E-state index contributed by atoms with van der Waals surface area (Å²) >= 11 is 0. The number of aliphatic hydroxyl groups excluding tert-OH is 1. The van der Waals surface area contributed by atoms with Gasteiger partial charge in [0.05, 0.1) is 19.8 Å². The number of phosphoric acid groups is 1. The van der Waals surface area contributed by atoms with Crippen LogP contribution in [-0.4, -0.2) is 66.5 Å². The van der Waals surface area contributed by atoms with Gasteiger partial charge in [0.1, 0.15) is 12.7 Å². The quantitative estimate of drug-likeness (QED) is 0.0197. The minimum atomic E-state index is -4.76. The van der Waals surface area contributed by atoms with Crippen molar-refractivity contribution in [2.75, 3.05) is 26.4 Å². The summed E-state index contributed by atoms with van der Waals surface area (Å²) in [7, 11) is -4.76. The second-order valence-corrected chi connectivity index (χ2v) is 22.3. The molecular formula is C66H115O11P. The third kappa shape index (κ3) is 57.3. The highest BCUT2D eigenvalue weighted by Crippen LogP contribution is 2.43. The molecule has 3 unspecified atom stereocenters. The molecule has 0 aromatic carbocycles. The Morgan fingerprint density at radius 3 is 1.06 bits per heavy atom. The molecule has 0 bridgehead atoms. The molecule has 0 aliphatic heterocycles. The highest BCUT2D eigenvalue weighted by Gasteiger charge is 2.28. The summed E-state index contributed by atoms with van der Waals surface area (Å²) in [5.74, 6) is -1.50. The fourth-order valence-corrected chi connectivity index (χ4v) is 9.32. The zero-order chi connectivity index (χ0) is 56.9. The van der Waals surface area contributed by atoms with Crippen molar-refractivity contribution in [2.24, 2.45) is 0 Å².